The van der Waals surface area contributed by atoms with E-state index in [9.17, 15) is 24.3 Å². The minimum absolute atomic E-state index is 0.0243. The third-order valence-corrected chi connectivity index (χ3v) is 5.87. The van der Waals surface area contributed by atoms with Crippen molar-refractivity contribution in [1.82, 2.24) is 15.5 Å². The summed E-state index contributed by atoms with van der Waals surface area (Å²) in [5.74, 6) is -2.76. The lowest BCUT2D eigenvalue weighted by Gasteiger charge is -2.28. The predicted octanol–water partition coefficient (Wildman–Crippen LogP) is -2.53. The van der Waals surface area contributed by atoms with Crippen LogP contribution in [0, 0.1) is 0 Å². The van der Waals surface area contributed by atoms with Crippen LogP contribution in [0.4, 0.5) is 0 Å². The number of unbranched alkanes of at least 4 members (excludes halogenated alkanes) is 1. The van der Waals surface area contributed by atoms with Gasteiger partial charge in [-0.1, -0.05) is 0 Å². The van der Waals surface area contributed by atoms with E-state index in [4.69, 9.17) is 22.9 Å². The number of carbonyl (C=O) groups is 4. The molecule has 4 unspecified atom stereocenters. The van der Waals surface area contributed by atoms with Crippen molar-refractivity contribution < 1.29 is 24.3 Å². The molecule has 1 heterocycles. The van der Waals surface area contributed by atoms with Crippen molar-refractivity contribution >= 4 is 42.3 Å². The fraction of sp³-hybridized carbons (Fsp3) is 0.750. The van der Waals surface area contributed by atoms with Gasteiger partial charge in [0.25, 0.3) is 0 Å². The van der Waals surface area contributed by atoms with Gasteiger partial charge in [-0.25, -0.2) is 4.79 Å². The quantitative estimate of drug-likeness (QED) is 0.0509. The molecule has 13 nitrogen and oxygen atoms in total. The van der Waals surface area contributed by atoms with Gasteiger partial charge < -0.3 is 43.6 Å². The number of carboxylic acids is 1. The number of aliphatic imine (C=N–C) groups is 1. The molecule has 0 spiro atoms. The van der Waals surface area contributed by atoms with E-state index < -0.39 is 47.9 Å². The first-order valence-corrected chi connectivity index (χ1v) is 12.0. The monoisotopic (exact) mass is 502 g/mol. The summed E-state index contributed by atoms with van der Waals surface area (Å²) in [4.78, 5) is 55.0. The maximum Gasteiger partial charge on any atom is 0.326 e. The van der Waals surface area contributed by atoms with Crippen LogP contribution in [0.1, 0.15) is 44.9 Å². The number of carboxylic acid groups (broad SMARTS) is 1. The highest BCUT2D eigenvalue weighted by Gasteiger charge is 2.38. The SMILES string of the molecule is NCCCCC(NC(=O)C(CS)NC(=O)C(N)CCCN=C(N)N)C(=O)N1CCCC1C(=O)O. The second kappa shape index (κ2) is 15.3. The molecule has 14 heteroatoms. The maximum atomic E-state index is 13.1. The number of rotatable bonds is 15. The summed E-state index contributed by atoms with van der Waals surface area (Å²) in [6.07, 6.45) is 3.21. The zero-order valence-corrected chi connectivity index (χ0v) is 20.2. The Kier molecular flexibility index (Phi) is 13.3. The van der Waals surface area contributed by atoms with Crippen molar-refractivity contribution in [2.75, 3.05) is 25.4 Å². The van der Waals surface area contributed by atoms with Crippen molar-refractivity contribution in [2.24, 2.45) is 27.9 Å². The van der Waals surface area contributed by atoms with E-state index in [2.05, 4.69) is 28.3 Å². The van der Waals surface area contributed by atoms with E-state index in [0.29, 0.717) is 64.6 Å². The molecule has 3 amide bonds. The third kappa shape index (κ3) is 9.73. The Bertz CT molecular complexity index is 734. The molecular weight excluding hydrogens is 464 g/mol. The molecule has 1 saturated heterocycles. The topological polar surface area (TPSA) is 232 Å². The first kappa shape index (κ1) is 29.5. The molecule has 1 aliphatic rings. The summed E-state index contributed by atoms with van der Waals surface area (Å²) in [5.41, 5.74) is 21.9. The number of amides is 3. The van der Waals surface area contributed by atoms with Gasteiger partial charge in [0.2, 0.25) is 17.7 Å². The van der Waals surface area contributed by atoms with Crippen molar-refractivity contribution in [2.45, 2.75) is 69.1 Å². The van der Waals surface area contributed by atoms with E-state index in [1.54, 1.807) is 0 Å². The number of thiol groups is 1. The van der Waals surface area contributed by atoms with E-state index in [-0.39, 0.29) is 11.7 Å². The van der Waals surface area contributed by atoms with Crippen LogP contribution in [-0.2, 0) is 19.2 Å². The molecule has 0 aliphatic carbocycles. The Labute approximate surface area is 204 Å². The van der Waals surface area contributed by atoms with E-state index in [1.165, 1.54) is 4.90 Å². The smallest absolute Gasteiger partial charge is 0.326 e. The number of nitrogens with zero attached hydrogens (tertiary/aromatic N) is 2. The van der Waals surface area contributed by atoms with E-state index >= 15 is 0 Å². The molecule has 0 saturated carbocycles. The van der Waals surface area contributed by atoms with Gasteiger partial charge in [-0.3, -0.25) is 19.4 Å². The molecule has 34 heavy (non-hydrogen) atoms. The van der Waals surface area contributed by atoms with E-state index in [1.807, 2.05) is 0 Å². The molecule has 0 radical (unpaired) electrons. The first-order chi connectivity index (χ1) is 16.1. The van der Waals surface area contributed by atoms with Crippen LogP contribution in [0.15, 0.2) is 4.99 Å². The predicted molar refractivity (Wildman–Crippen MR) is 131 cm³/mol. The Morgan fingerprint density at radius 2 is 1.74 bits per heavy atom. The van der Waals surface area contributed by atoms with Gasteiger partial charge in [0.05, 0.1) is 6.04 Å². The van der Waals surface area contributed by atoms with Crippen molar-refractivity contribution in [3.8, 4) is 0 Å². The summed E-state index contributed by atoms with van der Waals surface area (Å²) < 4.78 is 0. The lowest BCUT2D eigenvalue weighted by molar-refractivity contribution is -0.149. The van der Waals surface area contributed by atoms with Crippen molar-refractivity contribution in [1.29, 1.82) is 0 Å². The van der Waals surface area contributed by atoms with Crippen LogP contribution in [-0.4, -0.2) is 89.2 Å². The van der Waals surface area contributed by atoms with Crippen LogP contribution < -0.4 is 33.6 Å². The highest BCUT2D eigenvalue weighted by Crippen LogP contribution is 2.20. The van der Waals surface area contributed by atoms with Crippen LogP contribution >= 0.6 is 12.6 Å². The van der Waals surface area contributed by atoms with Crippen molar-refractivity contribution in [3.05, 3.63) is 0 Å². The fourth-order valence-corrected chi connectivity index (χ4v) is 3.89. The summed E-state index contributed by atoms with van der Waals surface area (Å²) in [6.45, 7) is 1.05. The molecule has 11 N–H and O–H groups in total. The van der Waals surface area contributed by atoms with Gasteiger partial charge in [-0.2, -0.15) is 12.6 Å². The average Bonchev–Trinajstić information content (AvgIpc) is 3.29. The Morgan fingerprint density at radius 3 is 2.32 bits per heavy atom. The first-order valence-electron chi connectivity index (χ1n) is 11.4. The standard InChI is InChI=1S/C20H38N8O5S/c21-8-2-1-6-13(18(31)28-10-4-7-15(28)19(32)33)26-17(30)14(11-34)27-16(29)12(22)5-3-9-25-20(23)24/h12-15,34H,1-11,21-22H2,(H,26,30)(H,27,29)(H,32,33)(H4,23,24,25). The largest absolute Gasteiger partial charge is 0.480 e. The number of carbonyl (C=O) groups excluding carboxylic acids is 3. The number of nitrogens with one attached hydrogen (secondary N) is 2. The average molecular weight is 503 g/mol. The molecule has 4 atom stereocenters. The highest BCUT2D eigenvalue weighted by molar-refractivity contribution is 7.80. The van der Waals surface area contributed by atoms with E-state index in [0.717, 1.165) is 0 Å². The van der Waals surface area contributed by atoms with Crippen LogP contribution in [0.3, 0.4) is 0 Å². The van der Waals surface area contributed by atoms with Gasteiger partial charge in [-0.15, -0.1) is 0 Å². The second-order valence-corrected chi connectivity index (χ2v) is 8.54. The lowest BCUT2D eigenvalue weighted by atomic mass is 10.1. The molecule has 194 valence electrons. The molecule has 0 aromatic heterocycles. The highest BCUT2D eigenvalue weighted by atomic mass is 32.1. The number of nitrogens with two attached hydrogens (primary N) is 4. The minimum atomic E-state index is -1.08. The molecule has 0 aromatic rings. The molecule has 0 aromatic carbocycles. The minimum Gasteiger partial charge on any atom is -0.480 e. The fourth-order valence-electron chi connectivity index (χ4n) is 3.63. The van der Waals surface area contributed by atoms with Crippen LogP contribution in [0.25, 0.3) is 0 Å². The van der Waals surface area contributed by atoms with Crippen LogP contribution in [0.2, 0.25) is 0 Å². The molecule has 1 fully saturated rings. The molecular formula is C20H38N8O5S. The summed E-state index contributed by atoms with van der Waals surface area (Å²) in [5, 5.41) is 14.6. The van der Waals surface area contributed by atoms with Gasteiger partial charge in [0.15, 0.2) is 5.96 Å². The Morgan fingerprint density at radius 1 is 1.06 bits per heavy atom. The van der Waals surface area contributed by atoms with Gasteiger partial charge in [-0.05, 0) is 51.5 Å². The third-order valence-electron chi connectivity index (χ3n) is 5.50. The Balaban J connectivity index is 2.78. The summed E-state index contributed by atoms with van der Waals surface area (Å²) >= 11 is 4.14. The van der Waals surface area contributed by atoms with Gasteiger partial charge in [0, 0.05) is 18.8 Å². The lowest BCUT2D eigenvalue weighted by Crippen LogP contribution is -2.57. The van der Waals surface area contributed by atoms with Crippen molar-refractivity contribution in [3.63, 3.8) is 0 Å². The Hall–Kier alpha value is -2.58. The summed E-state index contributed by atoms with van der Waals surface area (Å²) in [7, 11) is 0. The van der Waals surface area contributed by atoms with Gasteiger partial charge in [0.1, 0.15) is 18.1 Å². The zero-order chi connectivity index (χ0) is 25.7. The zero-order valence-electron chi connectivity index (χ0n) is 19.3. The molecule has 1 aliphatic heterocycles. The number of likely N-dealkylation sites (tertiary alicyclic amines) is 1. The van der Waals surface area contributed by atoms with Gasteiger partial charge >= 0.3 is 5.97 Å². The number of aliphatic carboxylic acids is 1. The summed E-state index contributed by atoms with van der Waals surface area (Å²) in [6, 6.07) is -3.77. The molecule has 0 bridgehead atoms. The number of hydrogen-bond acceptors (Lipinski definition) is 8. The number of guanidine groups is 1. The van der Waals surface area contributed by atoms with Crippen LogP contribution in [0.5, 0.6) is 0 Å². The normalized spacial score (nSPS) is 18.0. The second-order valence-electron chi connectivity index (χ2n) is 8.17. The molecule has 1 rings (SSSR count). The maximum absolute atomic E-state index is 13.1. The number of hydrogen-bond donors (Lipinski definition) is 8.